The Hall–Kier alpha value is -3.02. The number of aryl methyl sites for hydroxylation is 1. The van der Waals surface area contributed by atoms with Gasteiger partial charge in [0, 0.05) is 19.5 Å². The first-order valence-corrected chi connectivity index (χ1v) is 9.02. The number of imide groups is 1. The molecule has 1 aliphatic rings. The van der Waals surface area contributed by atoms with E-state index < -0.39 is 0 Å². The lowest BCUT2D eigenvalue weighted by Gasteiger charge is -2.13. The van der Waals surface area contributed by atoms with E-state index in [0.717, 1.165) is 18.4 Å². The topological polar surface area (TPSA) is 66.5 Å². The Bertz CT molecular complexity index is 814. The summed E-state index contributed by atoms with van der Waals surface area (Å²) in [5.41, 5.74) is 1.87. The maximum atomic E-state index is 12.8. The monoisotopic (exact) mass is 368 g/mol. The van der Waals surface area contributed by atoms with Crippen LogP contribution < -0.4 is 5.32 Å². The van der Waals surface area contributed by atoms with Gasteiger partial charge in [-0.2, -0.15) is 0 Å². The number of amides is 3. The molecule has 2 aromatic rings. The number of hydrogen-bond acceptors (Lipinski definition) is 3. The molecular formula is C21H21FN2O3. The van der Waals surface area contributed by atoms with Gasteiger partial charge in [-0.1, -0.05) is 24.3 Å². The van der Waals surface area contributed by atoms with Crippen LogP contribution in [0.1, 0.15) is 45.5 Å². The van der Waals surface area contributed by atoms with Crippen molar-refractivity contribution in [1.29, 1.82) is 0 Å². The van der Waals surface area contributed by atoms with E-state index in [1.807, 2.05) is 0 Å². The van der Waals surface area contributed by atoms with Crippen molar-refractivity contribution >= 4 is 17.7 Å². The van der Waals surface area contributed by atoms with Crippen molar-refractivity contribution in [3.05, 3.63) is 71.0 Å². The lowest BCUT2D eigenvalue weighted by molar-refractivity contribution is -0.121. The van der Waals surface area contributed by atoms with Gasteiger partial charge >= 0.3 is 0 Å². The summed E-state index contributed by atoms with van der Waals surface area (Å²) >= 11 is 0. The molecule has 0 saturated carbocycles. The molecule has 1 aliphatic heterocycles. The van der Waals surface area contributed by atoms with E-state index >= 15 is 0 Å². The zero-order valence-electron chi connectivity index (χ0n) is 14.9. The van der Waals surface area contributed by atoms with Crippen LogP contribution >= 0.6 is 0 Å². The predicted octanol–water partition coefficient (Wildman–Crippen LogP) is 2.95. The number of halogens is 1. The van der Waals surface area contributed by atoms with Crippen LogP contribution in [0.2, 0.25) is 0 Å². The number of carbonyl (C=O) groups excluding carboxylic acids is 3. The Balaban J connectivity index is 1.35. The van der Waals surface area contributed by atoms with E-state index in [0.29, 0.717) is 24.1 Å². The third-order valence-electron chi connectivity index (χ3n) is 4.54. The van der Waals surface area contributed by atoms with Gasteiger partial charge in [0.25, 0.3) is 11.8 Å². The lowest BCUT2D eigenvalue weighted by atomic mass is 10.1. The number of hydrogen-bond donors (Lipinski definition) is 1. The highest BCUT2D eigenvalue weighted by atomic mass is 19.1. The third-order valence-corrected chi connectivity index (χ3v) is 4.54. The molecule has 0 radical (unpaired) electrons. The summed E-state index contributed by atoms with van der Waals surface area (Å²) in [6, 6.07) is 13.1. The SMILES string of the molecule is O=C(CCCN1C(=O)c2ccccc2C1=O)NCCCc1ccc(F)cc1. The molecule has 0 unspecified atom stereocenters. The zero-order valence-corrected chi connectivity index (χ0v) is 14.9. The molecular weight excluding hydrogens is 347 g/mol. The average molecular weight is 368 g/mol. The van der Waals surface area contributed by atoms with Crippen LogP contribution in [0.15, 0.2) is 48.5 Å². The van der Waals surface area contributed by atoms with Crippen molar-refractivity contribution in [2.45, 2.75) is 25.7 Å². The highest BCUT2D eigenvalue weighted by molar-refractivity contribution is 6.21. The summed E-state index contributed by atoms with van der Waals surface area (Å²) in [6.07, 6.45) is 2.20. The molecule has 3 amide bonds. The molecule has 5 nitrogen and oxygen atoms in total. The Morgan fingerprint density at radius 3 is 2.19 bits per heavy atom. The van der Waals surface area contributed by atoms with Gasteiger partial charge < -0.3 is 5.32 Å². The first kappa shape index (κ1) is 18.8. The van der Waals surface area contributed by atoms with Crippen molar-refractivity contribution < 1.29 is 18.8 Å². The molecule has 6 heteroatoms. The first-order chi connectivity index (χ1) is 13.1. The van der Waals surface area contributed by atoms with Crippen molar-refractivity contribution in [3.63, 3.8) is 0 Å². The van der Waals surface area contributed by atoms with Gasteiger partial charge in [0.1, 0.15) is 5.82 Å². The van der Waals surface area contributed by atoms with Crippen molar-refractivity contribution in [1.82, 2.24) is 10.2 Å². The van der Waals surface area contributed by atoms with Crippen LogP contribution in [-0.2, 0) is 11.2 Å². The molecule has 140 valence electrons. The van der Waals surface area contributed by atoms with Gasteiger partial charge in [-0.15, -0.1) is 0 Å². The second kappa shape index (κ2) is 8.58. The molecule has 0 fully saturated rings. The molecule has 0 atom stereocenters. The predicted molar refractivity (Wildman–Crippen MR) is 98.8 cm³/mol. The van der Waals surface area contributed by atoms with Gasteiger partial charge in [0.05, 0.1) is 11.1 Å². The maximum Gasteiger partial charge on any atom is 0.261 e. The third kappa shape index (κ3) is 4.58. The van der Waals surface area contributed by atoms with E-state index in [2.05, 4.69) is 5.32 Å². The maximum absolute atomic E-state index is 12.8. The second-order valence-electron chi connectivity index (χ2n) is 6.49. The van der Waals surface area contributed by atoms with Gasteiger partial charge in [-0.3, -0.25) is 19.3 Å². The standard InChI is InChI=1S/C21H21FN2O3/c22-16-11-9-15(10-12-16)5-3-13-23-19(25)8-4-14-24-20(26)17-6-1-2-7-18(17)21(24)27/h1-2,6-7,9-12H,3-5,8,13-14H2,(H,23,25). The highest BCUT2D eigenvalue weighted by Crippen LogP contribution is 2.22. The molecule has 0 saturated heterocycles. The minimum atomic E-state index is -0.296. The normalized spacial score (nSPS) is 13.0. The van der Waals surface area contributed by atoms with Crippen molar-refractivity contribution in [2.75, 3.05) is 13.1 Å². The summed E-state index contributed by atoms with van der Waals surface area (Å²) in [6.45, 7) is 0.762. The van der Waals surface area contributed by atoms with Crippen LogP contribution in [0, 0.1) is 5.82 Å². The Morgan fingerprint density at radius 1 is 0.926 bits per heavy atom. The van der Waals surface area contributed by atoms with E-state index in [1.54, 1.807) is 36.4 Å². The van der Waals surface area contributed by atoms with Gasteiger partial charge in [0.2, 0.25) is 5.91 Å². The fourth-order valence-electron chi connectivity index (χ4n) is 3.10. The van der Waals surface area contributed by atoms with E-state index in [-0.39, 0.29) is 36.5 Å². The molecule has 0 bridgehead atoms. The largest absolute Gasteiger partial charge is 0.356 e. The average Bonchev–Trinajstić information content (AvgIpc) is 2.92. The molecule has 0 spiro atoms. The van der Waals surface area contributed by atoms with Crippen LogP contribution in [0.5, 0.6) is 0 Å². The molecule has 0 aromatic heterocycles. The summed E-state index contributed by atoms with van der Waals surface area (Å²) in [5.74, 6) is -0.957. The Morgan fingerprint density at radius 2 is 1.56 bits per heavy atom. The smallest absolute Gasteiger partial charge is 0.261 e. The van der Waals surface area contributed by atoms with Gasteiger partial charge in [-0.25, -0.2) is 4.39 Å². The Labute approximate surface area is 157 Å². The van der Waals surface area contributed by atoms with E-state index in [9.17, 15) is 18.8 Å². The Kier molecular flexibility index (Phi) is 5.96. The lowest BCUT2D eigenvalue weighted by Crippen LogP contribution is -2.32. The molecule has 27 heavy (non-hydrogen) atoms. The van der Waals surface area contributed by atoms with Crippen LogP contribution in [-0.4, -0.2) is 35.7 Å². The zero-order chi connectivity index (χ0) is 19.2. The number of rotatable bonds is 8. The van der Waals surface area contributed by atoms with E-state index in [1.165, 1.54) is 17.0 Å². The van der Waals surface area contributed by atoms with Gasteiger partial charge in [0.15, 0.2) is 0 Å². The molecule has 1 heterocycles. The fourth-order valence-corrected chi connectivity index (χ4v) is 3.10. The number of nitrogens with zero attached hydrogens (tertiary/aromatic N) is 1. The highest BCUT2D eigenvalue weighted by Gasteiger charge is 2.34. The van der Waals surface area contributed by atoms with Crippen LogP contribution in [0.3, 0.4) is 0 Å². The fraction of sp³-hybridized carbons (Fsp3) is 0.286. The van der Waals surface area contributed by atoms with Crippen molar-refractivity contribution in [2.24, 2.45) is 0 Å². The van der Waals surface area contributed by atoms with Crippen molar-refractivity contribution in [3.8, 4) is 0 Å². The molecule has 1 N–H and O–H groups in total. The summed E-state index contributed by atoms with van der Waals surface area (Å²) < 4.78 is 12.8. The molecule has 2 aromatic carbocycles. The number of carbonyl (C=O) groups is 3. The van der Waals surface area contributed by atoms with Gasteiger partial charge in [-0.05, 0) is 49.1 Å². The summed E-state index contributed by atoms with van der Waals surface area (Å²) in [7, 11) is 0. The summed E-state index contributed by atoms with van der Waals surface area (Å²) in [4.78, 5) is 37.6. The molecule has 0 aliphatic carbocycles. The number of nitrogens with one attached hydrogen (secondary N) is 1. The second-order valence-corrected chi connectivity index (χ2v) is 6.49. The minimum Gasteiger partial charge on any atom is -0.356 e. The number of fused-ring (bicyclic) bond motifs is 1. The molecule has 3 rings (SSSR count). The van der Waals surface area contributed by atoms with Crippen LogP contribution in [0.25, 0.3) is 0 Å². The first-order valence-electron chi connectivity index (χ1n) is 9.02. The minimum absolute atomic E-state index is 0.106. The quantitative estimate of drug-likeness (QED) is 0.575. The van der Waals surface area contributed by atoms with Crippen LogP contribution in [0.4, 0.5) is 4.39 Å². The van der Waals surface area contributed by atoms with E-state index in [4.69, 9.17) is 0 Å². The number of benzene rings is 2. The summed E-state index contributed by atoms with van der Waals surface area (Å²) in [5, 5.41) is 2.83.